The molecule has 116 valence electrons. The Labute approximate surface area is 140 Å². The summed E-state index contributed by atoms with van der Waals surface area (Å²) in [6, 6.07) is 15.0. The van der Waals surface area contributed by atoms with Gasteiger partial charge in [0, 0.05) is 30.8 Å². The summed E-state index contributed by atoms with van der Waals surface area (Å²) in [5.74, 6) is -0.177. The molecule has 0 radical (unpaired) electrons. The zero-order valence-corrected chi connectivity index (χ0v) is 13.9. The van der Waals surface area contributed by atoms with Crippen molar-refractivity contribution < 1.29 is 4.79 Å². The van der Waals surface area contributed by atoms with E-state index in [2.05, 4.69) is 22.3 Å². The molecule has 3 nitrogen and oxygen atoms in total. The monoisotopic (exact) mass is 336 g/mol. The molecule has 0 aliphatic carbocycles. The van der Waals surface area contributed by atoms with E-state index in [4.69, 9.17) is 23.2 Å². The van der Waals surface area contributed by atoms with E-state index in [-0.39, 0.29) is 5.91 Å². The zero-order chi connectivity index (χ0) is 15.9. The van der Waals surface area contributed by atoms with Gasteiger partial charge >= 0.3 is 0 Å². The number of nitrogens with one attached hydrogen (secondary N) is 1. The van der Waals surface area contributed by atoms with Gasteiger partial charge in [0.25, 0.3) is 5.91 Å². The smallest absolute Gasteiger partial charge is 0.252 e. The molecular formula is C17H18Cl2N2O. The lowest BCUT2D eigenvalue weighted by atomic mass is 10.2. The average Bonchev–Trinajstić information content (AvgIpc) is 2.52. The second-order valence-electron chi connectivity index (χ2n) is 4.99. The molecule has 1 N–H and O–H groups in total. The molecular weight excluding hydrogens is 319 g/mol. The van der Waals surface area contributed by atoms with Gasteiger partial charge in [-0.15, -0.1) is 0 Å². The third-order valence-electron chi connectivity index (χ3n) is 3.33. The van der Waals surface area contributed by atoms with Crippen LogP contribution < -0.4 is 10.2 Å². The van der Waals surface area contributed by atoms with E-state index >= 15 is 0 Å². The van der Waals surface area contributed by atoms with Crippen LogP contribution in [0.3, 0.4) is 0 Å². The zero-order valence-electron chi connectivity index (χ0n) is 12.4. The highest BCUT2D eigenvalue weighted by Gasteiger charge is 2.10. The number of carbonyl (C=O) groups is 1. The molecule has 5 heteroatoms. The summed E-state index contributed by atoms with van der Waals surface area (Å²) in [6.45, 7) is 1.45. The number of hydrogen-bond acceptors (Lipinski definition) is 2. The second-order valence-corrected chi connectivity index (χ2v) is 5.83. The quantitative estimate of drug-likeness (QED) is 0.799. The van der Waals surface area contributed by atoms with Crippen LogP contribution in [0.15, 0.2) is 48.5 Å². The summed E-state index contributed by atoms with van der Waals surface area (Å²) in [7, 11) is 2.03. The van der Waals surface area contributed by atoms with Crippen molar-refractivity contribution in [2.24, 2.45) is 0 Å². The molecule has 0 saturated carbocycles. The normalized spacial score (nSPS) is 10.3. The van der Waals surface area contributed by atoms with Crippen LogP contribution >= 0.6 is 23.2 Å². The van der Waals surface area contributed by atoms with Crippen LogP contribution in [0.25, 0.3) is 0 Å². The van der Waals surface area contributed by atoms with E-state index < -0.39 is 0 Å². The van der Waals surface area contributed by atoms with Gasteiger partial charge in [-0.25, -0.2) is 0 Å². The Kier molecular flexibility index (Phi) is 6.10. The average molecular weight is 337 g/mol. The first kappa shape index (κ1) is 16.7. The van der Waals surface area contributed by atoms with Crippen molar-refractivity contribution in [2.45, 2.75) is 6.42 Å². The van der Waals surface area contributed by atoms with Crippen LogP contribution in [-0.4, -0.2) is 26.0 Å². The third kappa shape index (κ3) is 4.65. The van der Waals surface area contributed by atoms with Crippen LogP contribution in [0, 0.1) is 0 Å². The number of nitrogens with zero attached hydrogens (tertiary/aromatic N) is 1. The van der Waals surface area contributed by atoms with Crippen molar-refractivity contribution in [1.29, 1.82) is 0 Å². The standard InChI is InChI=1S/C17H18Cl2N2O/c1-21(14-6-3-2-4-7-14)11-5-10-20-17(22)15-9-8-13(18)12-16(15)19/h2-4,6-9,12H,5,10-11H2,1H3,(H,20,22). The van der Waals surface area contributed by atoms with Crippen molar-refractivity contribution in [3.05, 3.63) is 64.1 Å². The maximum atomic E-state index is 12.0. The van der Waals surface area contributed by atoms with Gasteiger partial charge < -0.3 is 10.2 Å². The molecule has 0 unspecified atom stereocenters. The van der Waals surface area contributed by atoms with Crippen LogP contribution in [0.5, 0.6) is 0 Å². The summed E-state index contributed by atoms with van der Waals surface area (Å²) >= 11 is 11.8. The molecule has 0 spiro atoms. The van der Waals surface area contributed by atoms with Gasteiger partial charge in [-0.05, 0) is 36.8 Å². The van der Waals surface area contributed by atoms with E-state index in [9.17, 15) is 4.79 Å². The number of hydrogen-bond donors (Lipinski definition) is 1. The second kappa shape index (κ2) is 8.06. The summed E-state index contributed by atoms with van der Waals surface area (Å²) in [5, 5.41) is 3.76. The fraction of sp³-hybridized carbons (Fsp3) is 0.235. The van der Waals surface area contributed by atoms with Crippen LogP contribution in [-0.2, 0) is 0 Å². The molecule has 0 saturated heterocycles. The van der Waals surface area contributed by atoms with Gasteiger partial charge in [-0.2, -0.15) is 0 Å². The first-order chi connectivity index (χ1) is 10.6. The Hall–Kier alpha value is -1.71. The third-order valence-corrected chi connectivity index (χ3v) is 3.88. The Morgan fingerprint density at radius 2 is 1.86 bits per heavy atom. The van der Waals surface area contributed by atoms with Gasteiger partial charge in [0.15, 0.2) is 0 Å². The Bertz CT molecular complexity index is 632. The lowest BCUT2D eigenvalue weighted by Gasteiger charge is -2.19. The van der Waals surface area contributed by atoms with E-state index in [1.54, 1.807) is 18.2 Å². The van der Waals surface area contributed by atoms with Gasteiger partial charge in [-0.1, -0.05) is 41.4 Å². The molecule has 0 atom stereocenters. The maximum Gasteiger partial charge on any atom is 0.252 e. The summed E-state index contributed by atoms with van der Waals surface area (Å²) in [5.41, 5.74) is 1.61. The molecule has 2 aromatic carbocycles. The first-order valence-corrected chi connectivity index (χ1v) is 7.83. The molecule has 2 aromatic rings. The Balaban J connectivity index is 1.78. The van der Waals surface area contributed by atoms with Gasteiger partial charge in [0.05, 0.1) is 10.6 Å². The van der Waals surface area contributed by atoms with E-state index in [1.165, 1.54) is 0 Å². The van der Waals surface area contributed by atoms with Gasteiger partial charge in [0.1, 0.15) is 0 Å². The molecule has 2 rings (SSSR count). The van der Waals surface area contributed by atoms with Crippen molar-refractivity contribution in [1.82, 2.24) is 5.32 Å². The lowest BCUT2D eigenvalue weighted by molar-refractivity contribution is 0.0953. The van der Waals surface area contributed by atoms with Crippen molar-refractivity contribution >= 4 is 34.8 Å². The molecule has 22 heavy (non-hydrogen) atoms. The predicted molar refractivity (Wildman–Crippen MR) is 93.1 cm³/mol. The minimum Gasteiger partial charge on any atom is -0.375 e. The fourth-order valence-corrected chi connectivity index (χ4v) is 2.59. The SMILES string of the molecule is CN(CCCNC(=O)c1ccc(Cl)cc1Cl)c1ccccc1. The first-order valence-electron chi connectivity index (χ1n) is 7.07. The number of para-hydroxylation sites is 1. The van der Waals surface area contributed by atoms with E-state index in [0.29, 0.717) is 22.2 Å². The minimum absolute atomic E-state index is 0.177. The molecule has 0 aliphatic rings. The summed E-state index contributed by atoms with van der Waals surface area (Å²) in [6.07, 6.45) is 0.850. The van der Waals surface area contributed by atoms with Crippen molar-refractivity contribution in [2.75, 3.05) is 25.0 Å². The highest BCUT2D eigenvalue weighted by atomic mass is 35.5. The molecule has 0 heterocycles. The van der Waals surface area contributed by atoms with Gasteiger partial charge in [0.2, 0.25) is 0 Å². The molecule has 1 amide bonds. The Morgan fingerprint density at radius 1 is 1.14 bits per heavy atom. The number of halogens is 2. The highest BCUT2D eigenvalue weighted by Crippen LogP contribution is 2.20. The van der Waals surface area contributed by atoms with Crippen molar-refractivity contribution in [3.63, 3.8) is 0 Å². The number of anilines is 1. The largest absolute Gasteiger partial charge is 0.375 e. The van der Waals surface area contributed by atoms with E-state index in [0.717, 1.165) is 18.7 Å². The molecule has 0 fully saturated rings. The number of rotatable bonds is 6. The highest BCUT2D eigenvalue weighted by molar-refractivity contribution is 6.36. The minimum atomic E-state index is -0.177. The lowest BCUT2D eigenvalue weighted by Crippen LogP contribution is -2.28. The summed E-state index contributed by atoms with van der Waals surface area (Å²) < 4.78 is 0. The van der Waals surface area contributed by atoms with Crippen LogP contribution in [0.2, 0.25) is 10.0 Å². The van der Waals surface area contributed by atoms with E-state index in [1.807, 2.05) is 25.2 Å². The summed E-state index contributed by atoms with van der Waals surface area (Å²) in [4.78, 5) is 14.2. The number of carbonyl (C=O) groups excluding carboxylic acids is 1. The number of benzene rings is 2. The predicted octanol–water partition coefficient (Wildman–Crippen LogP) is 4.25. The molecule has 0 aromatic heterocycles. The van der Waals surface area contributed by atoms with Gasteiger partial charge in [-0.3, -0.25) is 4.79 Å². The molecule has 0 aliphatic heterocycles. The Morgan fingerprint density at radius 3 is 2.55 bits per heavy atom. The van der Waals surface area contributed by atoms with Crippen LogP contribution in [0.4, 0.5) is 5.69 Å². The fourth-order valence-electron chi connectivity index (χ4n) is 2.10. The topological polar surface area (TPSA) is 32.3 Å². The van der Waals surface area contributed by atoms with Crippen LogP contribution in [0.1, 0.15) is 16.8 Å². The maximum absolute atomic E-state index is 12.0. The molecule has 0 bridgehead atoms. The van der Waals surface area contributed by atoms with Crippen molar-refractivity contribution in [3.8, 4) is 0 Å². The number of amides is 1.